The van der Waals surface area contributed by atoms with Crippen LogP contribution in [0.4, 0.5) is 4.79 Å². The molecule has 2 atom stereocenters. The first-order chi connectivity index (χ1) is 14.9. The van der Waals surface area contributed by atoms with Crippen molar-refractivity contribution in [2.75, 3.05) is 33.2 Å². The molecule has 0 aliphatic carbocycles. The molecule has 2 amide bonds. The van der Waals surface area contributed by atoms with Crippen molar-refractivity contribution in [3.8, 4) is 0 Å². The molecule has 1 N–H and O–H groups in total. The first-order valence-corrected chi connectivity index (χ1v) is 12.4. The van der Waals surface area contributed by atoms with Gasteiger partial charge in [-0.25, -0.2) is 4.79 Å². The standard InChI is InChI=1S/C27H45N3O/c1-7-17-29(6)18-16-23-11-13-24(14-12-23)26-15-10-21(4)19-30(20-22(26)5)27(31)28-25(8-2)9-3/h11-15,21-22,25H,7-10,16-20H2,1-6H3,(H,28,31)/b26-15+/t21-,22?/m0/s1. The molecule has 174 valence electrons. The van der Waals surface area contributed by atoms with E-state index in [1.807, 2.05) is 4.90 Å². The first-order valence-electron chi connectivity index (χ1n) is 12.4. The van der Waals surface area contributed by atoms with Gasteiger partial charge in [-0.1, -0.05) is 65.0 Å². The van der Waals surface area contributed by atoms with Crippen LogP contribution in [0.25, 0.3) is 5.57 Å². The lowest BCUT2D eigenvalue weighted by Gasteiger charge is -2.33. The Morgan fingerprint density at radius 2 is 1.77 bits per heavy atom. The number of urea groups is 1. The highest BCUT2D eigenvalue weighted by atomic mass is 16.2. The zero-order chi connectivity index (χ0) is 22.8. The average molecular weight is 428 g/mol. The van der Waals surface area contributed by atoms with E-state index in [1.165, 1.54) is 23.1 Å². The minimum absolute atomic E-state index is 0.0974. The molecule has 0 bridgehead atoms. The molecular weight excluding hydrogens is 382 g/mol. The number of amides is 2. The molecule has 1 aliphatic heterocycles. The summed E-state index contributed by atoms with van der Waals surface area (Å²) in [5.41, 5.74) is 4.07. The second-order valence-corrected chi connectivity index (χ2v) is 9.52. The van der Waals surface area contributed by atoms with Crippen molar-refractivity contribution < 1.29 is 4.79 Å². The SMILES string of the molecule is CCCN(C)CCc1ccc(/C2=C/C[C@H](C)CN(C(=O)NC(CC)CC)CC2C)cc1. The summed E-state index contributed by atoms with van der Waals surface area (Å²) in [6, 6.07) is 9.48. The van der Waals surface area contributed by atoms with E-state index < -0.39 is 0 Å². The minimum atomic E-state index is 0.0974. The van der Waals surface area contributed by atoms with Gasteiger partial charge in [-0.05, 0) is 74.2 Å². The van der Waals surface area contributed by atoms with Crippen molar-refractivity contribution in [3.63, 3.8) is 0 Å². The lowest BCUT2D eigenvalue weighted by atomic mass is 9.88. The van der Waals surface area contributed by atoms with Gasteiger partial charge in [-0.15, -0.1) is 0 Å². The highest BCUT2D eigenvalue weighted by Gasteiger charge is 2.24. The molecule has 1 aromatic rings. The molecule has 1 unspecified atom stereocenters. The number of benzene rings is 1. The monoisotopic (exact) mass is 427 g/mol. The van der Waals surface area contributed by atoms with E-state index in [-0.39, 0.29) is 12.1 Å². The second kappa shape index (κ2) is 12.9. The number of likely N-dealkylation sites (N-methyl/N-ethyl adjacent to an activating group) is 1. The summed E-state index contributed by atoms with van der Waals surface area (Å²) in [5.74, 6) is 0.782. The van der Waals surface area contributed by atoms with Gasteiger partial charge in [-0.3, -0.25) is 0 Å². The fourth-order valence-electron chi connectivity index (χ4n) is 4.49. The normalized spacial score (nSPS) is 21.5. The maximum Gasteiger partial charge on any atom is 0.317 e. The molecular formula is C27H45N3O. The minimum Gasteiger partial charge on any atom is -0.335 e. The average Bonchev–Trinajstić information content (AvgIpc) is 2.75. The molecule has 0 saturated heterocycles. The van der Waals surface area contributed by atoms with Gasteiger partial charge in [-0.2, -0.15) is 0 Å². The van der Waals surface area contributed by atoms with Gasteiger partial charge in [0.1, 0.15) is 0 Å². The third-order valence-electron chi connectivity index (χ3n) is 6.57. The quantitative estimate of drug-likeness (QED) is 0.538. The predicted octanol–water partition coefficient (Wildman–Crippen LogP) is 5.83. The van der Waals surface area contributed by atoms with E-state index in [2.05, 4.69) is 82.2 Å². The van der Waals surface area contributed by atoms with Gasteiger partial charge in [0, 0.05) is 25.7 Å². The zero-order valence-corrected chi connectivity index (χ0v) is 20.8. The Balaban J connectivity index is 2.07. The van der Waals surface area contributed by atoms with Crippen molar-refractivity contribution >= 4 is 11.6 Å². The summed E-state index contributed by atoms with van der Waals surface area (Å²) in [6.07, 6.45) is 7.67. The topological polar surface area (TPSA) is 35.6 Å². The molecule has 1 aromatic carbocycles. The maximum atomic E-state index is 12.9. The van der Waals surface area contributed by atoms with Crippen molar-refractivity contribution in [2.24, 2.45) is 11.8 Å². The van der Waals surface area contributed by atoms with Crippen LogP contribution in [0, 0.1) is 11.8 Å². The van der Waals surface area contributed by atoms with Gasteiger partial charge in [0.25, 0.3) is 0 Å². The molecule has 0 spiro atoms. The van der Waals surface area contributed by atoms with Crippen LogP contribution in [0.2, 0.25) is 0 Å². The zero-order valence-electron chi connectivity index (χ0n) is 20.8. The Labute approximate surface area is 191 Å². The molecule has 1 aliphatic rings. The summed E-state index contributed by atoms with van der Waals surface area (Å²) in [4.78, 5) is 17.4. The Kier molecular flexibility index (Phi) is 10.6. The first kappa shape index (κ1) is 25.5. The van der Waals surface area contributed by atoms with Crippen LogP contribution in [0.15, 0.2) is 30.3 Å². The van der Waals surface area contributed by atoms with Crippen LogP contribution in [0.1, 0.15) is 71.4 Å². The van der Waals surface area contributed by atoms with Crippen LogP contribution in [0.5, 0.6) is 0 Å². The van der Waals surface area contributed by atoms with Crippen molar-refractivity contribution in [1.82, 2.24) is 15.1 Å². The number of hydrogen-bond donors (Lipinski definition) is 1. The van der Waals surface area contributed by atoms with Gasteiger partial charge in [0.2, 0.25) is 0 Å². The number of hydrogen-bond acceptors (Lipinski definition) is 2. The van der Waals surface area contributed by atoms with Crippen LogP contribution in [0.3, 0.4) is 0 Å². The van der Waals surface area contributed by atoms with Crippen LogP contribution < -0.4 is 5.32 Å². The Morgan fingerprint density at radius 1 is 1.10 bits per heavy atom. The molecule has 2 rings (SSSR count). The third kappa shape index (κ3) is 7.99. The Morgan fingerprint density at radius 3 is 2.39 bits per heavy atom. The number of rotatable bonds is 9. The molecule has 0 fully saturated rings. The van der Waals surface area contributed by atoms with E-state index in [0.717, 1.165) is 51.9 Å². The molecule has 4 heteroatoms. The van der Waals surface area contributed by atoms with Crippen LogP contribution >= 0.6 is 0 Å². The number of carbonyl (C=O) groups is 1. The molecule has 1 heterocycles. The summed E-state index contributed by atoms with van der Waals surface area (Å²) in [6.45, 7) is 14.9. The number of carbonyl (C=O) groups excluding carboxylic acids is 1. The largest absolute Gasteiger partial charge is 0.335 e. The summed E-state index contributed by atoms with van der Waals surface area (Å²) in [7, 11) is 2.20. The summed E-state index contributed by atoms with van der Waals surface area (Å²) < 4.78 is 0. The molecule has 0 saturated carbocycles. The second-order valence-electron chi connectivity index (χ2n) is 9.52. The Hall–Kier alpha value is -1.81. The fraction of sp³-hybridized carbons (Fsp3) is 0.667. The van der Waals surface area contributed by atoms with Gasteiger partial charge in [0.15, 0.2) is 0 Å². The number of nitrogens with zero attached hydrogens (tertiary/aromatic N) is 2. The Bertz CT molecular complexity index is 693. The number of nitrogens with one attached hydrogen (secondary N) is 1. The lowest BCUT2D eigenvalue weighted by molar-refractivity contribution is 0.179. The molecule has 0 radical (unpaired) electrons. The van der Waals surface area contributed by atoms with Crippen molar-refractivity contribution in [1.29, 1.82) is 0 Å². The molecule has 31 heavy (non-hydrogen) atoms. The van der Waals surface area contributed by atoms with Crippen molar-refractivity contribution in [2.45, 2.75) is 72.8 Å². The predicted molar refractivity (Wildman–Crippen MR) is 133 cm³/mol. The van der Waals surface area contributed by atoms with Gasteiger partial charge in [0.05, 0.1) is 0 Å². The highest BCUT2D eigenvalue weighted by Crippen LogP contribution is 2.29. The van der Waals surface area contributed by atoms with E-state index >= 15 is 0 Å². The fourth-order valence-corrected chi connectivity index (χ4v) is 4.49. The van der Waals surface area contributed by atoms with Crippen LogP contribution in [-0.4, -0.2) is 55.1 Å². The smallest absolute Gasteiger partial charge is 0.317 e. The third-order valence-corrected chi connectivity index (χ3v) is 6.57. The van der Waals surface area contributed by atoms with E-state index in [0.29, 0.717) is 11.8 Å². The maximum absolute atomic E-state index is 12.9. The van der Waals surface area contributed by atoms with Crippen molar-refractivity contribution in [3.05, 3.63) is 41.5 Å². The van der Waals surface area contributed by atoms with Crippen LogP contribution in [-0.2, 0) is 6.42 Å². The number of allylic oxidation sites excluding steroid dienone is 1. The summed E-state index contributed by atoms with van der Waals surface area (Å²) >= 11 is 0. The van der Waals surface area contributed by atoms with E-state index in [1.54, 1.807) is 0 Å². The van der Waals surface area contributed by atoms with E-state index in [4.69, 9.17) is 0 Å². The molecule has 4 nitrogen and oxygen atoms in total. The van der Waals surface area contributed by atoms with Gasteiger partial charge < -0.3 is 15.1 Å². The lowest BCUT2D eigenvalue weighted by Crippen LogP contribution is -2.48. The highest BCUT2D eigenvalue weighted by molar-refractivity contribution is 5.75. The summed E-state index contributed by atoms with van der Waals surface area (Å²) in [5, 5.41) is 3.23. The van der Waals surface area contributed by atoms with Gasteiger partial charge >= 0.3 is 6.03 Å². The van der Waals surface area contributed by atoms with E-state index in [9.17, 15) is 4.79 Å². The molecule has 0 aromatic heterocycles.